The monoisotopic (exact) mass is 334 g/mol. The van der Waals surface area contributed by atoms with Gasteiger partial charge in [-0.2, -0.15) is 0 Å². The maximum atomic E-state index is 12.4. The highest BCUT2D eigenvalue weighted by Crippen LogP contribution is 2.31. The minimum atomic E-state index is -1.02. The SMILES string of the molecule is COC(=O)[C@H](C)NC(=O)[C@]1(C)CCN1C(=O)OCc1ccccc1. The van der Waals surface area contributed by atoms with Crippen LogP contribution in [0.25, 0.3) is 0 Å². The van der Waals surface area contributed by atoms with Gasteiger partial charge in [0.2, 0.25) is 5.91 Å². The van der Waals surface area contributed by atoms with E-state index in [2.05, 4.69) is 10.1 Å². The molecule has 7 heteroatoms. The standard InChI is InChI=1S/C17H22N2O5/c1-12(14(20)23-3)18-15(21)17(2)9-10-19(17)16(22)24-11-13-7-5-4-6-8-13/h4-8,12H,9-11H2,1-3H3,(H,18,21)/t12-,17-/m0/s1. The molecular weight excluding hydrogens is 312 g/mol. The van der Waals surface area contributed by atoms with Crippen LogP contribution in [0.15, 0.2) is 30.3 Å². The molecule has 2 amide bonds. The Balaban J connectivity index is 1.92. The number of methoxy groups -OCH3 is 1. The average molecular weight is 334 g/mol. The van der Waals surface area contributed by atoms with Gasteiger partial charge in [-0.25, -0.2) is 9.59 Å². The number of carbonyl (C=O) groups excluding carboxylic acids is 3. The molecule has 1 aromatic rings. The van der Waals surface area contributed by atoms with E-state index in [0.29, 0.717) is 13.0 Å². The van der Waals surface area contributed by atoms with Crippen molar-refractivity contribution in [3.8, 4) is 0 Å². The first kappa shape index (κ1) is 17.8. The number of hydrogen-bond donors (Lipinski definition) is 1. The van der Waals surface area contributed by atoms with Crippen LogP contribution in [-0.4, -0.2) is 48.1 Å². The number of ether oxygens (including phenoxy) is 2. The molecule has 0 bridgehead atoms. The number of esters is 1. The summed E-state index contributed by atoms with van der Waals surface area (Å²) in [5, 5.41) is 2.57. The second-order valence-corrected chi connectivity index (χ2v) is 5.93. The van der Waals surface area contributed by atoms with E-state index in [-0.39, 0.29) is 6.61 Å². The van der Waals surface area contributed by atoms with Crippen LogP contribution in [0.4, 0.5) is 4.79 Å². The molecule has 0 aromatic heterocycles. The smallest absolute Gasteiger partial charge is 0.410 e. The first-order valence-corrected chi connectivity index (χ1v) is 7.75. The Bertz CT molecular complexity index is 619. The zero-order chi connectivity index (χ0) is 17.7. The molecular formula is C17H22N2O5. The van der Waals surface area contributed by atoms with Gasteiger partial charge in [-0.15, -0.1) is 0 Å². The number of carbonyl (C=O) groups is 3. The minimum Gasteiger partial charge on any atom is -0.467 e. The fourth-order valence-electron chi connectivity index (χ4n) is 2.47. The molecule has 2 rings (SSSR count). The van der Waals surface area contributed by atoms with Crippen molar-refractivity contribution in [1.82, 2.24) is 10.2 Å². The Morgan fingerprint density at radius 2 is 1.96 bits per heavy atom. The number of nitrogens with zero attached hydrogens (tertiary/aromatic N) is 1. The summed E-state index contributed by atoms with van der Waals surface area (Å²) in [6.07, 6.45) is -0.0406. The predicted molar refractivity (Wildman–Crippen MR) is 86.0 cm³/mol. The van der Waals surface area contributed by atoms with Crippen molar-refractivity contribution in [3.63, 3.8) is 0 Å². The van der Waals surface area contributed by atoms with E-state index >= 15 is 0 Å². The van der Waals surface area contributed by atoms with E-state index in [1.165, 1.54) is 18.9 Å². The Morgan fingerprint density at radius 3 is 2.50 bits per heavy atom. The number of benzene rings is 1. The minimum absolute atomic E-state index is 0.145. The van der Waals surface area contributed by atoms with Crippen LogP contribution < -0.4 is 5.32 Å². The van der Waals surface area contributed by atoms with Crippen molar-refractivity contribution in [2.24, 2.45) is 0 Å². The molecule has 1 saturated heterocycles. The molecule has 1 heterocycles. The second-order valence-electron chi connectivity index (χ2n) is 5.93. The van der Waals surface area contributed by atoms with Crippen molar-refractivity contribution < 1.29 is 23.9 Å². The molecule has 0 unspecified atom stereocenters. The van der Waals surface area contributed by atoms with Crippen molar-refractivity contribution in [2.45, 2.75) is 38.5 Å². The van der Waals surface area contributed by atoms with Crippen LogP contribution in [0.3, 0.4) is 0 Å². The fourth-order valence-corrected chi connectivity index (χ4v) is 2.47. The zero-order valence-electron chi connectivity index (χ0n) is 14.1. The van der Waals surface area contributed by atoms with Crippen LogP contribution in [0.1, 0.15) is 25.8 Å². The van der Waals surface area contributed by atoms with E-state index in [9.17, 15) is 14.4 Å². The molecule has 1 fully saturated rings. The largest absolute Gasteiger partial charge is 0.467 e. The Labute approximate surface area is 140 Å². The molecule has 130 valence electrons. The van der Waals surface area contributed by atoms with Crippen LogP contribution in [0.2, 0.25) is 0 Å². The molecule has 1 aliphatic heterocycles. The van der Waals surface area contributed by atoms with Crippen LogP contribution in [0, 0.1) is 0 Å². The van der Waals surface area contributed by atoms with Gasteiger partial charge in [-0.1, -0.05) is 30.3 Å². The lowest BCUT2D eigenvalue weighted by Gasteiger charge is -2.48. The summed E-state index contributed by atoms with van der Waals surface area (Å²) < 4.78 is 9.85. The van der Waals surface area contributed by atoms with E-state index < -0.39 is 29.6 Å². The van der Waals surface area contributed by atoms with Crippen LogP contribution in [0.5, 0.6) is 0 Å². The highest BCUT2D eigenvalue weighted by molar-refractivity contribution is 5.93. The lowest BCUT2D eigenvalue weighted by Crippen LogP contribution is -2.68. The summed E-state index contributed by atoms with van der Waals surface area (Å²) in [6, 6.07) is 8.53. The summed E-state index contributed by atoms with van der Waals surface area (Å²) in [4.78, 5) is 37.4. The van der Waals surface area contributed by atoms with Crippen molar-refractivity contribution in [1.29, 1.82) is 0 Å². The topological polar surface area (TPSA) is 84.9 Å². The normalized spacial score (nSPS) is 20.5. The van der Waals surface area contributed by atoms with Gasteiger partial charge in [0.05, 0.1) is 7.11 Å². The number of nitrogens with one attached hydrogen (secondary N) is 1. The van der Waals surface area contributed by atoms with Gasteiger partial charge in [-0.05, 0) is 25.8 Å². The molecule has 1 aromatic carbocycles. The van der Waals surface area contributed by atoms with Crippen LogP contribution in [-0.2, 0) is 25.7 Å². The third-order valence-corrected chi connectivity index (χ3v) is 4.23. The molecule has 1 N–H and O–H groups in total. The van der Waals surface area contributed by atoms with Gasteiger partial charge in [-0.3, -0.25) is 9.69 Å². The number of hydrogen-bond acceptors (Lipinski definition) is 5. The molecule has 0 saturated carbocycles. The third kappa shape index (κ3) is 3.67. The van der Waals surface area contributed by atoms with Gasteiger partial charge in [0, 0.05) is 6.54 Å². The second kappa shape index (κ2) is 7.33. The highest BCUT2D eigenvalue weighted by atomic mass is 16.6. The summed E-state index contributed by atoms with van der Waals surface area (Å²) in [7, 11) is 1.25. The lowest BCUT2D eigenvalue weighted by molar-refractivity contribution is -0.148. The fraction of sp³-hybridized carbons (Fsp3) is 0.471. The molecule has 0 radical (unpaired) electrons. The van der Waals surface area contributed by atoms with Gasteiger partial charge < -0.3 is 14.8 Å². The van der Waals surface area contributed by atoms with Crippen molar-refractivity contribution >= 4 is 18.0 Å². The molecule has 24 heavy (non-hydrogen) atoms. The van der Waals surface area contributed by atoms with Crippen LogP contribution >= 0.6 is 0 Å². The van der Waals surface area contributed by atoms with Gasteiger partial charge in [0.1, 0.15) is 18.2 Å². The van der Waals surface area contributed by atoms with E-state index in [1.807, 2.05) is 30.3 Å². The Hall–Kier alpha value is -2.57. The summed E-state index contributed by atoms with van der Waals surface area (Å²) in [5.41, 5.74) is -0.146. The lowest BCUT2D eigenvalue weighted by atomic mass is 9.86. The maximum absolute atomic E-state index is 12.4. The Kier molecular flexibility index (Phi) is 5.43. The van der Waals surface area contributed by atoms with Crippen molar-refractivity contribution in [3.05, 3.63) is 35.9 Å². The molecule has 0 aliphatic carbocycles. The summed E-state index contributed by atoms with van der Waals surface area (Å²) in [5.74, 6) is -0.937. The summed E-state index contributed by atoms with van der Waals surface area (Å²) in [6.45, 7) is 3.76. The predicted octanol–water partition coefficient (Wildman–Crippen LogP) is 1.47. The zero-order valence-corrected chi connectivity index (χ0v) is 14.1. The third-order valence-electron chi connectivity index (χ3n) is 4.23. The molecule has 1 aliphatic rings. The van der Waals surface area contributed by atoms with Gasteiger partial charge >= 0.3 is 12.1 Å². The number of likely N-dealkylation sites (tertiary alicyclic amines) is 1. The van der Waals surface area contributed by atoms with Gasteiger partial charge in [0.15, 0.2) is 0 Å². The van der Waals surface area contributed by atoms with E-state index in [4.69, 9.17) is 4.74 Å². The molecule has 2 atom stereocenters. The van der Waals surface area contributed by atoms with Gasteiger partial charge in [0.25, 0.3) is 0 Å². The highest BCUT2D eigenvalue weighted by Gasteiger charge is 2.50. The average Bonchev–Trinajstić information content (AvgIpc) is 2.58. The molecule has 0 spiro atoms. The first-order valence-electron chi connectivity index (χ1n) is 7.75. The van der Waals surface area contributed by atoms with E-state index in [1.54, 1.807) is 6.92 Å². The number of amides is 2. The van der Waals surface area contributed by atoms with E-state index in [0.717, 1.165) is 5.56 Å². The quantitative estimate of drug-likeness (QED) is 0.824. The maximum Gasteiger partial charge on any atom is 0.410 e. The first-order chi connectivity index (χ1) is 11.4. The number of rotatable bonds is 5. The van der Waals surface area contributed by atoms with Crippen molar-refractivity contribution in [2.75, 3.05) is 13.7 Å². The summed E-state index contributed by atoms with van der Waals surface area (Å²) >= 11 is 0. The molecule has 7 nitrogen and oxygen atoms in total. The Morgan fingerprint density at radius 1 is 1.29 bits per heavy atom.